The molecule has 1 aromatic carbocycles. The second kappa shape index (κ2) is 12.1. The molecule has 5 N–H and O–H groups in total. The molecule has 36 heavy (non-hydrogen) atoms. The minimum atomic E-state index is -1.02. The van der Waals surface area contributed by atoms with Gasteiger partial charge in [0.05, 0.1) is 0 Å². The molecule has 2 amide bonds. The number of nitrogens with two attached hydrogens (primary N) is 1. The molecule has 0 bridgehead atoms. The monoisotopic (exact) mass is 612 g/mol. The normalized spacial score (nSPS) is 28.9. The zero-order valence-corrected chi connectivity index (χ0v) is 23.4. The summed E-state index contributed by atoms with van der Waals surface area (Å²) in [6.45, 7) is 5.31. The fourth-order valence-electron chi connectivity index (χ4n) is 5.87. The molecular formula is C26H39IN5O4-. The molecule has 0 radical (unpaired) electrons. The fourth-order valence-corrected chi connectivity index (χ4v) is 9.35. The first-order chi connectivity index (χ1) is 17.2. The van der Waals surface area contributed by atoms with Crippen LogP contribution in [-0.4, -0.2) is 79.9 Å². The minimum absolute atomic E-state index is 0.0303. The summed E-state index contributed by atoms with van der Waals surface area (Å²) in [6, 6.07) is 4.98. The van der Waals surface area contributed by atoms with Crippen LogP contribution in [0.2, 0.25) is 0 Å². The van der Waals surface area contributed by atoms with Crippen molar-refractivity contribution in [2.75, 3.05) is 36.4 Å². The Bertz CT molecular complexity index is 976. The number of alkyl halides is 2. The second-order valence-corrected chi connectivity index (χ2v) is 14.2. The summed E-state index contributed by atoms with van der Waals surface area (Å²) >= 11 is 0.0303. The van der Waals surface area contributed by atoms with E-state index < -0.39 is 12.0 Å². The Morgan fingerprint density at radius 1 is 1.28 bits per heavy atom. The molecule has 2 fully saturated rings. The third-order valence-electron chi connectivity index (χ3n) is 7.70. The van der Waals surface area contributed by atoms with Gasteiger partial charge in [-0.25, -0.2) is 0 Å². The van der Waals surface area contributed by atoms with Gasteiger partial charge in [-0.15, -0.1) is 0 Å². The predicted molar refractivity (Wildman–Crippen MR) is 134 cm³/mol. The number of nitrogens with zero attached hydrogens (tertiary/aromatic N) is 2. The predicted octanol–water partition coefficient (Wildman–Crippen LogP) is -1.93. The van der Waals surface area contributed by atoms with Crippen LogP contribution in [0, 0.1) is 11.8 Å². The molecule has 3 heterocycles. The van der Waals surface area contributed by atoms with Gasteiger partial charge < -0.3 is 5.11 Å². The van der Waals surface area contributed by atoms with Crippen molar-refractivity contribution in [1.82, 2.24) is 15.1 Å². The van der Waals surface area contributed by atoms with Gasteiger partial charge in [-0.05, 0) is 0 Å². The molecule has 0 aromatic heterocycles. The first-order valence-corrected chi connectivity index (χ1v) is 15.7. The first-order valence-electron chi connectivity index (χ1n) is 12.9. The molecule has 3 aliphatic rings. The van der Waals surface area contributed by atoms with Gasteiger partial charge in [0.15, 0.2) is 0 Å². The van der Waals surface area contributed by atoms with Gasteiger partial charge >= 0.3 is 214 Å². The van der Waals surface area contributed by atoms with E-state index in [0.717, 1.165) is 49.3 Å². The summed E-state index contributed by atoms with van der Waals surface area (Å²) in [7, 11) is 1.68. The van der Waals surface area contributed by atoms with E-state index in [2.05, 4.69) is 22.5 Å². The molecular weight excluding hydrogens is 573 g/mol. The van der Waals surface area contributed by atoms with E-state index in [4.69, 9.17) is 5.73 Å². The zero-order chi connectivity index (χ0) is 25.8. The number of carbonyl (C=O) groups is 3. The van der Waals surface area contributed by atoms with E-state index in [0.29, 0.717) is 28.7 Å². The number of benzene rings is 1. The zero-order valence-electron chi connectivity index (χ0n) is 21.2. The number of amides is 2. The molecule has 0 spiro atoms. The third-order valence-corrected chi connectivity index (χ3v) is 11.0. The number of hydrogen-bond acceptors (Lipinski definition) is 6. The van der Waals surface area contributed by atoms with E-state index >= 15 is 0 Å². The number of anilines is 1. The van der Waals surface area contributed by atoms with Crippen LogP contribution < -0.4 is 37.6 Å². The number of fused-ring (bicyclic) bond motifs is 1. The standard InChI is InChI=1S/C26H39IN5O4/c1-3-27-20-15-32(9-7-19(20)17-6-8-29-23(28)12-17)24(33)11-16-4-5-18-14-31(2)26(36)22(13-25(34)35)30-21(18)10-16/h4-5,10,17,19-20,22-23,29-30H,3,6-9,11-15,28H2,1-2H3,(H,34,35)/q-1. The van der Waals surface area contributed by atoms with E-state index in [1.165, 1.54) is 10.8 Å². The maximum atomic E-state index is 13.3. The molecule has 9 nitrogen and oxygen atoms in total. The van der Waals surface area contributed by atoms with Crippen molar-refractivity contribution in [3.63, 3.8) is 0 Å². The van der Waals surface area contributed by atoms with Crippen LogP contribution in [0.5, 0.6) is 0 Å². The van der Waals surface area contributed by atoms with Crippen LogP contribution in [0.3, 0.4) is 0 Å². The number of carbonyl (C=O) groups excluding carboxylic acids is 2. The quantitative estimate of drug-likeness (QED) is 0.209. The molecule has 5 atom stereocenters. The number of rotatable bonds is 7. The molecule has 3 aliphatic heterocycles. The summed E-state index contributed by atoms with van der Waals surface area (Å²) in [5.74, 6) is 0.208. The van der Waals surface area contributed by atoms with Gasteiger partial charge in [0.1, 0.15) is 0 Å². The van der Waals surface area contributed by atoms with Crippen LogP contribution in [0.1, 0.15) is 43.7 Å². The molecule has 0 saturated carbocycles. The van der Waals surface area contributed by atoms with E-state index in [1.54, 1.807) is 11.9 Å². The van der Waals surface area contributed by atoms with Crippen molar-refractivity contribution >= 4 is 23.5 Å². The number of likely N-dealkylation sites (N-methyl/N-ethyl adjacent to an activating group) is 1. The number of nitrogens with one attached hydrogen (secondary N) is 2. The number of likely N-dealkylation sites (tertiary alicyclic amines) is 1. The molecule has 0 aliphatic carbocycles. The van der Waals surface area contributed by atoms with Crippen LogP contribution >= 0.6 is 0 Å². The number of halogens is 1. The fraction of sp³-hybridized carbons (Fsp3) is 0.654. The van der Waals surface area contributed by atoms with Gasteiger partial charge in [-0.3, -0.25) is 4.79 Å². The third kappa shape index (κ3) is 6.49. The Morgan fingerprint density at radius 2 is 2.08 bits per heavy atom. The number of piperidine rings is 2. The van der Waals surface area contributed by atoms with Gasteiger partial charge in [0.2, 0.25) is 0 Å². The molecule has 2 saturated heterocycles. The Balaban J connectivity index is 1.42. The topological polar surface area (TPSA) is 128 Å². The van der Waals surface area contributed by atoms with Gasteiger partial charge in [-0.2, -0.15) is 0 Å². The van der Waals surface area contributed by atoms with Crippen molar-refractivity contribution in [3.05, 3.63) is 29.3 Å². The number of hydrogen-bond donors (Lipinski definition) is 4. The molecule has 5 unspecified atom stereocenters. The SMILES string of the molecule is CC[I-]C1CN(C(=O)Cc2ccc3c(c2)NC(CC(=O)O)C(=O)N(C)C3)CCC1C1CCNC(N)C1. The van der Waals surface area contributed by atoms with Crippen LogP contribution in [-0.2, 0) is 27.3 Å². The van der Waals surface area contributed by atoms with Crippen molar-refractivity contribution in [3.8, 4) is 0 Å². The average Bonchev–Trinajstić information content (AvgIpc) is 2.95. The van der Waals surface area contributed by atoms with E-state index in [1.807, 2.05) is 18.2 Å². The van der Waals surface area contributed by atoms with E-state index in [9.17, 15) is 19.5 Å². The van der Waals surface area contributed by atoms with Crippen molar-refractivity contribution < 1.29 is 40.7 Å². The van der Waals surface area contributed by atoms with Crippen molar-refractivity contribution in [2.24, 2.45) is 17.6 Å². The summed E-state index contributed by atoms with van der Waals surface area (Å²) < 4.78 is 1.84. The van der Waals surface area contributed by atoms with Gasteiger partial charge in [0.25, 0.3) is 0 Å². The molecule has 10 heteroatoms. The summed E-state index contributed by atoms with van der Waals surface area (Å²) in [4.78, 5) is 40.8. The summed E-state index contributed by atoms with van der Waals surface area (Å²) in [5, 5.41) is 15.7. The Hall–Kier alpha value is -1.92. The maximum absolute atomic E-state index is 13.3. The molecule has 4 rings (SSSR count). The Kier molecular flexibility index (Phi) is 9.10. The molecule has 200 valence electrons. The Labute approximate surface area is 223 Å². The van der Waals surface area contributed by atoms with Crippen LogP contribution in [0.4, 0.5) is 5.69 Å². The molecule has 1 aromatic rings. The first kappa shape index (κ1) is 27.1. The van der Waals surface area contributed by atoms with Gasteiger partial charge in [0, 0.05) is 0 Å². The summed E-state index contributed by atoms with van der Waals surface area (Å²) in [5.41, 5.74) is 8.73. The Morgan fingerprint density at radius 3 is 2.81 bits per heavy atom. The van der Waals surface area contributed by atoms with Crippen LogP contribution in [0.15, 0.2) is 18.2 Å². The number of carboxylic acid groups (broad SMARTS) is 1. The number of aliphatic carboxylic acids is 1. The van der Waals surface area contributed by atoms with Crippen molar-refractivity contribution in [2.45, 2.75) is 61.7 Å². The van der Waals surface area contributed by atoms with Crippen molar-refractivity contribution in [1.29, 1.82) is 0 Å². The van der Waals surface area contributed by atoms with E-state index in [-0.39, 0.29) is 45.6 Å². The number of carboxylic acids is 1. The average molecular weight is 613 g/mol. The van der Waals surface area contributed by atoms with Gasteiger partial charge in [-0.1, -0.05) is 0 Å². The second-order valence-electron chi connectivity index (χ2n) is 10.2. The van der Waals surface area contributed by atoms with Crippen LogP contribution in [0.25, 0.3) is 0 Å². The summed E-state index contributed by atoms with van der Waals surface area (Å²) in [6.07, 6.45) is 3.39.